The lowest BCUT2D eigenvalue weighted by Crippen LogP contribution is -2.52. The van der Waals surface area contributed by atoms with Crippen molar-refractivity contribution < 1.29 is 9.59 Å². The first-order valence-corrected chi connectivity index (χ1v) is 7.35. The number of hydrogen-bond acceptors (Lipinski definition) is 3. The van der Waals surface area contributed by atoms with Gasteiger partial charge in [0, 0.05) is 18.2 Å². The second-order valence-electron chi connectivity index (χ2n) is 6.89. The Morgan fingerprint density at radius 1 is 1.23 bits per heavy atom. The zero-order chi connectivity index (χ0) is 16.1. The Bertz CT molecular complexity index is 755. The molecule has 1 spiro atoms. The largest absolute Gasteiger partial charge is 0.314 e. The lowest BCUT2D eigenvalue weighted by molar-refractivity contribution is -0.132. The molecule has 0 aromatic heterocycles. The van der Waals surface area contributed by atoms with Crippen LogP contribution in [0.2, 0.25) is 0 Å². The third-order valence-corrected chi connectivity index (χ3v) is 4.75. The molecular weight excluding hydrogens is 276 g/mol. The van der Waals surface area contributed by atoms with Crippen LogP contribution in [0.25, 0.3) is 0 Å². The van der Waals surface area contributed by atoms with Gasteiger partial charge in [-0.25, -0.2) is 0 Å². The van der Waals surface area contributed by atoms with Gasteiger partial charge in [-0.3, -0.25) is 9.59 Å². The van der Waals surface area contributed by atoms with Crippen LogP contribution in [0.5, 0.6) is 0 Å². The molecule has 0 fully saturated rings. The minimum atomic E-state index is -0.800. The summed E-state index contributed by atoms with van der Waals surface area (Å²) in [5.74, 6) is -0.213. The SMILES string of the molecule is CN1C(=O)C2(C=C(C#N)C(=O)C(C)(C)C2)Cc2ccccc21. The molecule has 1 heterocycles. The van der Waals surface area contributed by atoms with Gasteiger partial charge >= 0.3 is 0 Å². The van der Waals surface area contributed by atoms with Gasteiger partial charge in [0.05, 0.1) is 11.0 Å². The Kier molecular flexibility index (Phi) is 3.00. The van der Waals surface area contributed by atoms with Gasteiger partial charge in [0.15, 0.2) is 5.78 Å². The first-order valence-electron chi connectivity index (χ1n) is 7.35. The average molecular weight is 294 g/mol. The molecule has 0 saturated heterocycles. The van der Waals surface area contributed by atoms with Gasteiger partial charge in [0.25, 0.3) is 0 Å². The number of benzene rings is 1. The summed E-state index contributed by atoms with van der Waals surface area (Å²) in [7, 11) is 1.76. The van der Waals surface area contributed by atoms with Crippen LogP contribution in [0.1, 0.15) is 25.8 Å². The lowest BCUT2D eigenvalue weighted by Gasteiger charge is -2.45. The fourth-order valence-corrected chi connectivity index (χ4v) is 3.81. The van der Waals surface area contributed by atoms with Gasteiger partial charge in [-0.05, 0) is 30.5 Å². The highest BCUT2D eigenvalue weighted by atomic mass is 16.2. The van der Waals surface area contributed by atoms with Crippen LogP contribution >= 0.6 is 0 Å². The zero-order valence-electron chi connectivity index (χ0n) is 13.0. The quantitative estimate of drug-likeness (QED) is 0.739. The van der Waals surface area contributed by atoms with Crippen LogP contribution in [-0.2, 0) is 16.0 Å². The molecule has 1 unspecified atom stereocenters. The van der Waals surface area contributed by atoms with Crippen LogP contribution in [0, 0.1) is 22.2 Å². The average Bonchev–Trinajstić information content (AvgIpc) is 2.48. The third-order valence-electron chi connectivity index (χ3n) is 4.75. The summed E-state index contributed by atoms with van der Waals surface area (Å²) in [6, 6.07) is 9.77. The van der Waals surface area contributed by atoms with Crippen molar-refractivity contribution in [3.05, 3.63) is 41.5 Å². The number of carbonyl (C=O) groups is 2. The molecule has 0 bridgehead atoms. The van der Waals surface area contributed by atoms with Gasteiger partial charge in [-0.15, -0.1) is 0 Å². The molecule has 2 aliphatic rings. The number of nitriles is 1. The van der Waals surface area contributed by atoms with Crippen molar-refractivity contribution in [2.75, 3.05) is 11.9 Å². The fourth-order valence-electron chi connectivity index (χ4n) is 3.81. The normalized spacial score (nSPS) is 26.5. The van der Waals surface area contributed by atoms with E-state index in [9.17, 15) is 14.9 Å². The number of anilines is 1. The summed E-state index contributed by atoms with van der Waals surface area (Å²) in [5.41, 5.74) is 0.578. The van der Waals surface area contributed by atoms with Crippen LogP contribution in [0.15, 0.2) is 35.9 Å². The predicted octanol–water partition coefficient (Wildman–Crippen LogP) is 2.64. The van der Waals surface area contributed by atoms with Crippen molar-refractivity contribution in [2.45, 2.75) is 26.7 Å². The number of rotatable bonds is 0. The zero-order valence-corrected chi connectivity index (χ0v) is 13.0. The van der Waals surface area contributed by atoms with Crippen LogP contribution in [0.3, 0.4) is 0 Å². The van der Waals surface area contributed by atoms with Gasteiger partial charge in [0.2, 0.25) is 5.91 Å². The van der Waals surface area contributed by atoms with E-state index in [1.807, 2.05) is 44.2 Å². The number of fused-ring (bicyclic) bond motifs is 1. The maximum absolute atomic E-state index is 13.0. The number of para-hydroxylation sites is 1. The van der Waals surface area contributed by atoms with Crippen molar-refractivity contribution in [1.82, 2.24) is 0 Å². The molecule has 1 atom stereocenters. The maximum atomic E-state index is 13.0. The summed E-state index contributed by atoms with van der Waals surface area (Å²) >= 11 is 0. The van der Waals surface area contributed by atoms with E-state index < -0.39 is 10.8 Å². The summed E-state index contributed by atoms with van der Waals surface area (Å²) < 4.78 is 0. The van der Waals surface area contributed by atoms with E-state index in [2.05, 4.69) is 0 Å². The Balaban J connectivity index is 2.19. The van der Waals surface area contributed by atoms with Crippen LogP contribution in [-0.4, -0.2) is 18.7 Å². The lowest BCUT2D eigenvalue weighted by atomic mass is 9.61. The number of amides is 1. The maximum Gasteiger partial charge on any atom is 0.237 e. The molecular formula is C18H18N2O2. The second-order valence-corrected chi connectivity index (χ2v) is 6.89. The third kappa shape index (κ3) is 1.89. The van der Waals surface area contributed by atoms with E-state index in [1.54, 1.807) is 18.0 Å². The summed E-state index contributed by atoms with van der Waals surface area (Å²) in [4.78, 5) is 27.0. The van der Waals surface area contributed by atoms with Crippen molar-refractivity contribution in [1.29, 1.82) is 5.26 Å². The van der Waals surface area contributed by atoms with Crippen LogP contribution in [0.4, 0.5) is 5.69 Å². The molecule has 0 N–H and O–H groups in total. The Morgan fingerprint density at radius 3 is 2.59 bits per heavy atom. The van der Waals surface area contributed by atoms with Gasteiger partial charge in [0.1, 0.15) is 6.07 Å². The van der Waals surface area contributed by atoms with Crippen molar-refractivity contribution in [3.8, 4) is 6.07 Å². The molecule has 0 radical (unpaired) electrons. The van der Waals surface area contributed by atoms with E-state index in [-0.39, 0.29) is 17.3 Å². The summed E-state index contributed by atoms with van der Waals surface area (Å²) in [6.45, 7) is 3.63. The van der Waals surface area contributed by atoms with E-state index in [0.717, 1.165) is 11.3 Å². The second kappa shape index (κ2) is 4.54. The summed E-state index contributed by atoms with van der Waals surface area (Å²) in [6.07, 6.45) is 2.57. The van der Waals surface area contributed by atoms with Gasteiger partial charge in [-0.1, -0.05) is 32.0 Å². The van der Waals surface area contributed by atoms with Gasteiger partial charge < -0.3 is 4.90 Å². The topological polar surface area (TPSA) is 61.2 Å². The number of carbonyl (C=O) groups excluding carboxylic acids is 2. The van der Waals surface area contributed by atoms with E-state index in [4.69, 9.17) is 0 Å². The standard InChI is InChI=1S/C18H18N2O2/c1-17(2)11-18(9-13(10-19)15(17)21)8-12-6-4-5-7-14(12)20(3)16(18)22/h4-7,9H,8,11H2,1-3H3. The molecule has 3 rings (SSSR count). The Labute approximate surface area is 130 Å². The fraction of sp³-hybridized carbons (Fsp3) is 0.389. The smallest absolute Gasteiger partial charge is 0.237 e. The molecule has 22 heavy (non-hydrogen) atoms. The number of hydrogen-bond donors (Lipinski definition) is 0. The molecule has 112 valence electrons. The van der Waals surface area contributed by atoms with E-state index >= 15 is 0 Å². The first-order chi connectivity index (χ1) is 10.3. The molecule has 4 nitrogen and oxygen atoms in total. The molecule has 0 saturated carbocycles. The Morgan fingerprint density at radius 2 is 1.91 bits per heavy atom. The highest BCUT2D eigenvalue weighted by Crippen LogP contribution is 2.49. The molecule has 1 amide bonds. The van der Waals surface area contributed by atoms with E-state index in [0.29, 0.717) is 12.8 Å². The number of nitrogens with zero attached hydrogens (tertiary/aromatic N) is 2. The van der Waals surface area contributed by atoms with E-state index in [1.165, 1.54) is 0 Å². The van der Waals surface area contributed by atoms with Crippen molar-refractivity contribution in [3.63, 3.8) is 0 Å². The molecule has 1 aromatic carbocycles. The van der Waals surface area contributed by atoms with Crippen LogP contribution < -0.4 is 4.90 Å². The molecule has 1 aliphatic heterocycles. The highest BCUT2D eigenvalue weighted by molar-refractivity contribution is 6.08. The van der Waals surface area contributed by atoms with Crippen molar-refractivity contribution in [2.24, 2.45) is 10.8 Å². The molecule has 1 aliphatic carbocycles. The molecule has 4 heteroatoms. The number of ketones is 1. The van der Waals surface area contributed by atoms with Gasteiger partial charge in [-0.2, -0.15) is 5.26 Å². The first kappa shape index (κ1) is 14.5. The minimum Gasteiger partial charge on any atom is -0.314 e. The highest BCUT2D eigenvalue weighted by Gasteiger charge is 2.52. The van der Waals surface area contributed by atoms with Crippen molar-refractivity contribution >= 4 is 17.4 Å². The monoisotopic (exact) mass is 294 g/mol. The Hall–Kier alpha value is -2.41. The number of allylic oxidation sites excluding steroid dienone is 1. The minimum absolute atomic E-state index is 0.0421. The predicted molar refractivity (Wildman–Crippen MR) is 83.1 cm³/mol. The molecule has 1 aromatic rings. The summed E-state index contributed by atoms with van der Waals surface area (Å²) in [5, 5.41) is 9.29. The number of Topliss-reactive ketones (excluding diaryl/α,β-unsaturated/α-hetero) is 1.